The number of likely N-dealkylation sites (tertiary alicyclic amines) is 1. The zero-order valence-corrected chi connectivity index (χ0v) is 18.2. The van der Waals surface area contributed by atoms with E-state index >= 15 is 0 Å². The number of nitrogens with zero attached hydrogens (tertiary/aromatic N) is 5. The van der Waals surface area contributed by atoms with Crippen LogP contribution < -0.4 is 5.32 Å². The number of rotatable bonds is 5. The normalized spacial score (nSPS) is 19.8. The number of hydrogen-bond donors (Lipinski definition) is 1. The van der Waals surface area contributed by atoms with E-state index in [9.17, 15) is 4.79 Å². The molecular weight excluding hydrogens is 380 g/mol. The van der Waals surface area contributed by atoms with E-state index in [1.165, 1.54) is 0 Å². The van der Waals surface area contributed by atoms with Gasteiger partial charge in [-0.05, 0) is 58.3 Å². The molecule has 2 aliphatic rings. The number of carbonyl (C=O) groups excluding carboxylic acids is 1. The number of aromatic nitrogens is 4. The highest BCUT2D eigenvalue weighted by molar-refractivity contribution is 5.90. The highest BCUT2D eigenvalue weighted by atomic mass is 16.5. The summed E-state index contributed by atoms with van der Waals surface area (Å²) in [5, 5.41) is 11.4. The summed E-state index contributed by atoms with van der Waals surface area (Å²) in [5.41, 5.74) is 2.19. The van der Waals surface area contributed by atoms with Crippen molar-refractivity contribution in [3.05, 3.63) is 41.2 Å². The highest BCUT2D eigenvalue weighted by Crippen LogP contribution is 2.36. The van der Waals surface area contributed by atoms with Gasteiger partial charge in [0.15, 0.2) is 5.82 Å². The van der Waals surface area contributed by atoms with Gasteiger partial charge >= 0.3 is 0 Å². The zero-order valence-electron chi connectivity index (χ0n) is 18.2. The Hall–Kier alpha value is -2.32. The molecule has 0 aliphatic carbocycles. The molecule has 0 saturated carbocycles. The molecule has 2 aliphatic heterocycles. The molecule has 0 radical (unpaired) electrons. The molecule has 0 bridgehead atoms. The zero-order chi connectivity index (χ0) is 21.1. The van der Waals surface area contributed by atoms with Gasteiger partial charge < -0.3 is 14.6 Å². The fourth-order valence-electron chi connectivity index (χ4n) is 4.31. The van der Waals surface area contributed by atoms with Crippen LogP contribution in [0.4, 0.5) is 0 Å². The maximum atomic E-state index is 12.7. The highest BCUT2D eigenvalue weighted by Gasteiger charge is 2.39. The Morgan fingerprint density at radius 3 is 2.83 bits per heavy atom. The molecule has 1 atom stereocenters. The van der Waals surface area contributed by atoms with E-state index < -0.39 is 0 Å². The Morgan fingerprint density at radius 2 is 2.10 bits per heavy atom. The third-order valence-electron chi connectivity index (χ3n) is 6.40. The Morgan fingerprint density at radius 1 is 1.30 bits per heavy atom. The lowest BCUT2D eigenvalue weighted by molar-refractivity contribution is -0.00591. The second-order valence-corrected chi connectivity index (χ2v) is 8.85. The Kier molecular flexibility index (Phi) is 6.15. The largest absolute Gasteiger partial charge is 0.373 e. The maximum Gasteiger partial charge on any atom is 0.289 e. The third-order valence-corrected chi connectivity index (χ3v) is 6.40. The van der Waals surface area contributed by atoms with Crippen LogP contribution in [0.25, 0.3) is 0 Å². The van der Waals surface area contributed by atoms with Gasteiger partial charge in [-0.25, -0.2) is 0 Å². The van der Waals surface area contributed by atoms with Crippen LogP contribution in [0.2, 0.25) is 0 Å². The number of carbonyl (C=O) groups is 1. The number of aryl methyl sites for hydroxylation is 1. The van der Waals surface area contributed by atoms with Crippen LogP contribution in [0.1, 0.15) is 60.9 Å². The van der Waals surface area contributed by atoms with Crippen LogP contribution in [-0.4, -0.2) is 56.3 Å². The molecule has 2 aromatic heterocycles. The van der Waals surface area contributed by atoms with E-state index in [0.29, 0.717) is 19.0 Å². The topological polar surface area (TPSA) is 85.2 Å². The third kappa shape index (κ3) is 4.54. The molecule has 0 unspecified atom stereocenters. The van der Waals surface area contributed by atoms with E-state index in [1.807, 2.05) is 24.5 Å². The van der Waals surface area contributed by atoms with Crippen LogP contribution in [0.3, 0.4) is 0 Å². The maximum absolute atomic E-state index is 12.7. The van der Waals surface area contributed by atoms with Crippen LogP contribution in [-0.2, 0) is 24.4 Å². The molecule has 1 amide bonds. The standard InChI is InChI=1S/C22H32N6O2/c1-4-16(2)24-21(29)20-26-25-19-13-30-15-22(14-28(19)20)8-10-27(11-9-22)12-18-7-5-6-17(3)23-18/h5-7,16H,4,8-15H2,1-3H3,(H,24,29)/t16-/m1/s1. The first-order valence-electron chi connectivity index (χ1n) is 10.9. The molecule has 4 rings (SSSR count). The van der Waals surface area contributed by atoms with Gasteiger partial charge in [-0.1, -0.05) is 13.0 Å². The Labute approximate surface area is 178 Å². The summed E-state index contributed by atoms with van der Waals surface area (Å²) >= 11 is 0. The first-order valence-corrected chi connectivity index (χ1v) is 10.9. The van der Waals surface area contributed by atoms with Crippen LogP contribution in [0.15, 0.2) is 18.2 Å². The summed E-state index contributed by atoms with van der Waals surface area (Å²) in [7, 11) is 0. The van der Waals surface area contributed by atoms with Crippen molar-refractivity contribution >= 4 is 5.91 Å². The number of nitrogens with one attached hydrogen (secondary N) is 1. The van der Waals surface area contributed by atoms with Gasteiger partial charge in [-0.3, -0.25) is 14.7 Å². The number of hydrogen-bond acceptors (Lipinski definition) is 6. The Bertz CT molecular complexity index is 888. The molecule has 1 N–H and O–H groups in total. The molecular formula is C22H32N6O2. The lowest BCUT2D eigenvalue weighted by atomic mass is 9.79. The van der Waals surface area contributed by atoms with Crippen molar-refractivity contribution in [3.8, 4) is 0 Å². The van der Waals surface area contributed by atoms with Crippen LogP contribution in [0, 0.1) is 12.3 Å². The minimum absolute atomic E-state index is 0.00949. The van der Waals surface area contributed by atoms with E-state index in [-0.39, 0.29) is 17.4 Å². The predicted octanol–water partition coefficient (Wildman–Crippen LogP) is 2.32. The first-order chi connectivity index (χ1) is 14.5. The fourth-order valence-corrected chi connectivity index (χ4v) is 4.31. The number of fused-ring (bicyclic) bond motifs is 1. The van der Waals surface area contributed by atoms with Gasteiger partial charge in [0.25, 0.3) is 5.91 Å². The summed E-state index contributed by atoms with van der Waals surface area (Å²) in [6, 6.07) is 6.31. The lowest BCUT2D eigenvalue weighted by Gasteiger charge is -2.41. The number of pyridine rings is 1. The monoisotopic (exact) mass is 412 g/mol. The lowest BCUT2D eigenvalue weighted by Crippen LogP contribution is -2.44. The van der Waals surface area contributed by atoms with Crippen molar-refractivity contribution < 1.29 is 9.53 Å². The average Bonchev–Trinajstić information content (AvgIpc) is 3.03. The second kappa shape index (κ2) is 8.81. The smallest absolute Gasteiger partial charge is 0.289 e. The summed E-state index contributed by atoms with van der Waals surface area (Å²) in [5.74, 6) is 0.997. The van der Waals surface area contributed by atoms with Gasteiger partial charge in [0, 0.05) is 30.2 Å². The molecule has 4 heterocycles. The molecule has 2 aromatic rings. The van der Waals surface area contributed by atoms with E-state index in [4.69, 9.17) is 4.74 Å². The summed E-state index contributed by atoms with van der Waals surface area (Å²) < 4.78 is 7.98. The summed E-state index contributed by atoms with van der Waals surface area (Å²) in [4.78, 5) is 19.8. The van der Waals surface area contributed by atoms with Gasteiger partial charge in [0.2, 0.25) is 5.82 Å². The molecule has 1 saturated heterocycles. The number of ether oxygens (including phenoxy) is 1. The molecule has 30 heavy (non-hydrogen) atoms. The molecule has 8 heteroatoms. The van der Waals surface area contributed by atoms with Crippen molar-refractivity contribution in [2.75, 3.05) is 19.7 Å². The fraction of sp³-hybridized carbons (Fsp3) is 0.636. The van der Waals surface area contributed by atoms with E-state index in [1.54, 1.807) is 0 Å². The molecule has 1 fully saturated rings. The SMILES string of the molecule is CC[C@@H](C)NC(=O)c1nnc2n1CC1(CCN(Cc3cccc(C)n3)CC1)COC2. The average molecular weight is 413 g/mol. The minimum atomic E-state index is -0.150. The van der Waals surface area contributed by atoms with Crippen molar-refractivity contribution in [2.45, 2.75) is 65.8 Å². The number of amides is 1. The van der Waals surface area contributed by atoms with Crippen LogP contribution in [0.5, 0.6) is 0 Å². The summed E-state index contributed by atoms with van der Waals surface area (Å²) in [6.45, 7) is 10.8. The Balaban J connectivity index is 1.44. The molecule has 0 aromatic carbocycles. The quantitative estimate of drug-likeness (QED) is 0.811. The van der Waals surface area contributed by atoms with E-state index in [0.717, 1.165) is 62.7 Å². The van der Waals surface area contributed by atoms with Crippen molar-refractivity contribution in [1.82, 2.24) is 30.0 Å². The van der Waals surface area contributed by atoms with Gasteiger partial charge in [-0.15, -0.1) is 10.2 Å². The second-order valence-electron chi connectivity index (χ2n) is 8.85. The van der Waals surface area contributed by atoms with Crippen molar-refractivity contribution in [1.29, 1.82) is 0 Å². The first kappa shape index (κ1) is 20.9. The van der Waals surface area contributed by atoms with Crippen LogP contribution >= 0.6 is 0 Å². The van der Waals surface area contributed by atoms with Gasteiger partial charge in [0.1, 0.15) is 6.61 Å². The summed E-state index contributed by atoms with van der Waals surface area (Å²) in [6.07, 6.45) is 2.91. The molecule has 162 valence electrons. The van der Waals surface area contributed by atoms with Gasteiger partial charge in [-0.2, -0.15) is 0 Å². The number of piperidine rings is 1. The van der Waals surface area contributed by atoms with Gasteiger partial charge in [0.05, 0.1) is 12.3 Å². The van der Waals surface area contributed by atoms with E-state index in [2.05, 4.69) is 44.5 Å². The molecule has 1 spiro atoms. The minimum Gasteiger partial charge on any atom is -0.373 e. The van der Waals surface area contributed by atoms with Crippen molar-refractivity contribution in [2.24, 2.45) is 5.41 Å². The molecule has 8 nitrogen and oxygen atoms in total. The van der Waals surface area contributed by atoms with Crippen molar-refractivity contribution in [3.63, 3.8) is 0 Å². The predicted molar refractivity (Wildman–Crippen MR) is 113 cm³/mol.